The van der Waals surface area contributed by atoms with Crippen molar-refractivity contribution in [2.24, 2.45) is 5.73 Å². The fourth-order valence-electron chi connectivity index (χ4n) is 1.40. The van der Waals surface area contributed by atoms with Crippen LogP contribution in [0.2, 0.25) is 0 Å². The first kappa shape index (κ1) is 14.2. The Balaban J connectivity index is 2.26. The summed E-state index contributed by atoms with van der Waals surface area (Å²) < 4.78 is 55.9. The Bertz CT molecular complexity index is 616. The van der Waals surface area contributed by atoms with E-state index in [2.05, 4.69) is 9.97 Å². The summed E-state index contributed by atoms with van der Waals surface area (Å²) in [6.07, 6.45) is -3.74. The molecular formula is C12H9F4N3O. The lowest BCUT2D eigenvalue weighted by Gasteiger charge is -2.08. The standard InChI is InChI=1S/C12H9F4N3O/c13-8-5-7(6-17)1-2-9(8)20-11-18-4-3-10(19-11)12(14,15)16/h1-5H,6,17H2. The molecule has 0 radical (unpaired) electrons. The molecule has 8 heteroatoms. The molecule has 0 amide bonds. The topological polar surface area (TPSA) is 61.0 Å². The molecule has 0 unspecified atom stereocenters. The number of nitrogens with two attached hydrogens (primary N) is 1. The van der Waals surface area contributed by atoms with Crippen molar-refractivity contribution in [3.63, 3.8) is 0 Å². The molecule has 0 bridgehead atoms. The van der Waals surface area contributed by atoms with E-state index in [1.165, 1.54) is 12.1 Å². The Morgan fingerprint density at radius 3 is 2.55 bits per heavy atom. The molecule has 1 aromatic carbocycles. The molecule has 0 spiro atoms. The van der Waals surface area contributed by atoms with Crippen molar-refractivity contribution < 1.29 is 22.3 Å². The monoisotopic (exact) mass is 287 g/mol. The summed E-state index contributed by atoms with van der Waals surface area (Å²) in [5.74, 6) is -1.03. The van der Waals surface area contributed by atoms with Crippen molar-refractivity contribution in [1.82, 2.24) is 9.97 Å². The van der Waals surface area contributed by atoms with Crippen molar-refractivity contribution in [3.8, 4) is 11.8 Å². The predicted octanol–water partition coefficient (Wildman–Crippen LogP) is 2.89. The van der Waals surface area contributed by atoms with Crippen molar-refractivity contribution in [2.75, 3.05) is 0 Å². The quantitative estimate of drug-likeness (QED) is 0.882. The number of hydrogen-bond donors (Lipinski definition) is 1. The van der Waals surface area contributed by atoms with E-state index in [1.807, 2.05) is 0 Å². The Morgan fingerprint density at radius 2 is 1.95 bits per heavy atom. The minimum absolute atomic E-state index is 0.136. The predicted molar refractivity (Wildman–Crippen MR) is 61.4 cm³/mol. The van der Waals surface area contributed by atoms with Gasteiger partial charge in [0.15, 0.2) is 17.3 Å². The van der Waals surface area contributed by atoms with Gasteiger partial charge in [0.1, 0.15) is 0 Å². The molecule has 0 aliphatic heterocycles. The smallest absolute Gasteiger partial charge is 0.421 e. The molecule has 2 N–H and O–H groups in total. The van der Waals surface area contributed by atoms with Gasteiger partial charge >= 0.3 is 12.2 Å². The van der Waals surface area contributed by atoms with Gasteiger partial charge in [0.2, 0.25) is 0 Å². The van der Waals surface area contributed by atoms with Crippen molar-refractivity contribution in [2.45, 2.75) is 12.7 Å². The van der Waals surface area contributed by atoms with E-state index in [-0.39, 0.29) is 12.3 Å². The number of ether oxygens (including phenoxy) is 1. The maximum absolute atomic E-state index is 13.6. The second kappa shape index (κ2) is 5.41. The van der Waals surface area contributed by atoms with E-state index < -0.39 is 23.7 Å². The van der Waals surface area contributed by atoms with Gasteiger partial charge in [0.25, 0.3) is 0 Å². The third-order valence-corrected chi connectivity index (χ3v) is 2.36. The molecule has 1 aromatic heterocycles. The van der Waals surface area contributed by atoms with E-state index in [9.17, 15) is 17.6 Å². The van der Waals surface area contributed by atoms with Crippen LogP contribution in [0, 0.1) is 5.82 Å². The van der Waals surface area contributed by atoms with Gasteiger partial charge in [0.05, 0.1) is 0 Å². The lowest BCUT2D eigenvalue weighted by Crippen LogP contribution is -2.09. The summed E-state index contributed by atoms with van der Waals surface area (Å²) in [6, 6.07) is 3.98. The highest BCUT2D eigenvalue weighted by atomic mass is 19.4. The second-order valence-electron chi connectivity index (χ2n) is 3.79. The molecule has 0 aliphatic rings. The number of hydrogen-bond acceptors (Lipinski definition) is 4. The van der Waals surface area contributed by atoms with Gasteiger partial charge < -0.3 is 10.5 Å². The van der Waals surface area contributed by atoms with Crippen molar-refractivity contribution in [1.29, 1.82) is 0 Å². The average molecular weight is 287 g/mol. The number of aromatic nitrogens is 2. The lowest BCUT2D eigenvalue weighted by atomic mass is 10.2. The first-order valence-electron chi connectivity index (χ1n) is 5.47. The highest BCUT2D eigenvalue weighted by Crippen LogP contribution is 2.29. The van der Waals surface area contributed by atoms with Gasteiger partial charge in [-0.05, 0) is 23.8 Å². The lowest BCUT2D eigenvalue weighted by molar-refractivity contribution is -0.141. The third-order valence-electron chi connectivity index (χ3n) is 2.36. The molecule has 20 heavy (non-hydrogen) atoms. The number of nitrogens with zero attached hydrogens (tertiary/aromatic N) is 2. The number of halogens is 4. The summed E-state index contributed by atoms with van der Waals surface area (Å²) >= 11 is 0. The summed E-state index contributed by atoms with van der Waals surface area (Å²) in [6.45, 7) is 0.136. The zero-order chi connectivity index (χ0) is 14.8. The molecule has 0 saturated carbocycles. The molecule has 0 fully saturated rings. The number of rotatable bonds is 3. The summed E-state index contributed by atoms with van der Waals surface area (Å²) in [5, 5.41) is 0. The van der Waals surface area contributed by atoms with E-state index in [0.717, 1.165) is 12.3 Å². The van der Waals surface area contributed by atoms with E-state index >= 15 is 0 Å². The maximum atomic E-state index is 13.6. The van der Waals surface area contributed by atoms with Crippen LogP contribution in [0.1, 0.15) is 11.3 Å². The Morgan fingerprint density at radius 1 is 1.20 bits per heavy atom. The maximum Gasteiger partial charge on any atom is 0.433 e. The molecular weight excluding hydrogens is 278 g/mol. The molecule has 106 valence electrons. The van der Waals surface area contributed by atoms with Gasteiger partial charge in [-0.15, -0.1) is 0 Å². The number of alkyl halides is 3. The fraction of sp³-hybridized carbons (Fsp3) is 0.167. The van der Waals surface area contributed by atoms with Gasteiger partial charge in [-0.3, -0.25) is 0 Å². The normalized spacial score (nSPS) is 11.4. The summed E-state index contributed by atoms with van der Waals surface area (Å²) in [4.78, 5) is 6.68. The summed E-state index contributed by atoms with van der Waals surface area (Å²) in [5.41, 5.74) is 4.69. The molecule has 2 aromatic rings. The fourth-order valence-corrected chi connectivity index (χ4v) is 1.40. The zero-order valence-corrected chi connectivity index (χ0v) is 9.99. The minimum Gasteiger partial charge on any atom is -0.421 e. The molecule has 4 nitrogen and oxygen atoms in total. The van der Waals surface area contributed by atoms with Gasteiger partial charge in [-0.1, -0.05) is 6.07 Å². The third kappa shape index (κ3) is 3.21. The largest absolute Gasteiger partial charge is 0.433 e. The van der Waals surface area contributed by atoms with E-state index in [0.29, 0.717) is 11.6 Å². The second-order valence-corrected chi connectivity index (χ2v) is 3.79. The van der Waals surface area contributed by atoms with Crippen LogP contribution in [0.25, 0.3) is 0 Å². The van der Waals surface area contributed by atoms with Crippen molar-refractivity contribution >= 4 is 0 Å². The zero-order valence-electron chi connectivity index (χ0n) is 9.99. The van der Waals surface area contributed by atoms with Crippen LogP contribution in [0.15, 0.2) is 30.5 Å². The molecule has 1 heterocycles. The van der Waals surface area contributed by atoms with E-state index in [1.54, 1.807) is 0 Å². The van der Waals surface area contributed by atoms with Crippen molar-refractivity contribution in [3.05, 3.63) is 47.5 Å². The van der Waals surface area contributed by atoms with E-state index in [4.69, 9.17) is 10.5 Å². The highest BCUT2D eigenvalue weighted by Gasteiger charge is 2.33. The minimum atomic E-state index is -4.62. The van der Waals surface area contributed by atoms with Gasteiger partial charge in [-0.25, -0.2) is 9.37 Å². The average Bonchev–Trinajstić information content (AvgIpc) is 2.40. The first-order valence-corrected chi connectivity index (χ1v) is 5.47. The Kier molecular flexibility index (Phi) is 3.84. The van der Waals surface area contributed by atoms with Gasteiger partial charge in [-0.2, -0.15) is 18.2 Å². The SMILES string of the molecule is NCc1ccc(Oc2nccc(C(F)(F)F)n2)c(F)c1. The van der Waals surface area contributed by atoms with Crippen LogP contribution >= 0.6 is 0 Å². The van der Waals surface area contributed by atoms with Crippen LogP contribution in [0.3, 0.4) is 0 Å². The summed E-state index contributed by atoms with van der Waals surface area (Å²) in [7, 11) is 0. The Labute approximate surface area is 111 Å². The first-order chi connectivity index (χ1) is 9.40. The molecule has 0 saturated heterocycles. The van der Waals surface area contributed by atoms with Crippen LogP contribution in [0.5, 0.6) is 11.8 Å². The number of benzene rings is 1. The highest BCUT2D eigenvalue weighted by molar-refractivity contribution is 5.31. The molecule has 0 aliphatic carbocycles. The molecule has 2 rings (SSSR count). The molecule has 0 atom stereocenters. The van der Waals surface area contributed by atoms with Crippen LogP contribution in [-0.2, 0) is 12.7 Å². The Hall–Kier alpha value is -2.22. The van der Waals surface area contributed by atoms with Gasteiger partial charge in [0, 0.05) is 12.7 Å². The van der Waals surface area contributed by atoms with Crippen LogP contribution < -0.4 is 10.5 Å². The van der Waals surface area contributed by atoms with Crippen LogP contribution in [0.4, 0.5) is 17.6 Å². The van der Waals surface area contributed by atoms with Crippen LogP contribution in [-0.4, -0.2) is 9.97 Å².